The lowest BCUT2D eigenvalue weighted by atomic mass is 9.74. The van der Waals surface area contributed by atoms with Gasteiger partial charge in [0.15, 0.2) is 0 Å². The Bertz CT molecular complexity index is 1030. The lowest BCUT2D eigenvalue weighted by Crippen LogP contribution is -2.51. The Kier molecular flexibility index (Phi) is 4.36. The van der Waals surface area contributed by atoms with E-state index in [-0.39, 0.29) is 11.3 Å². The van der Waals surface area contributed by atoms with Gasteiger partial charge < -0.3 is 5.32 Å². The average Bonchev–Trinajstić information content (AvgIpc) is 2.85. The summed E-state index contributed by atoms with van der Waals surface area (Å²) in [5.74, 6) is 0.208. The Labute approximate surface area is 165 Å². The monoisotopic (exact) mass is 371 g/mol. The zero-order valence-electron chi connectivity index (χ0n) is 16.0. The first kappa shape index (κ1) is 17.4. The molecule has 142 valence electrons. The van der Waals surface area contributed by atoms with E-state index in [1.54, 1.807) is 0 Å². The van der Waals surface area contributed by atoms with Crippen molar-refractivity contribution in [1.82, 2.24) is 15.2 Å². The Hall–Kier alpha value is -2.72. The number of nitrogens with one attached hydrogen (secondary N) is 1. The summed E-state index contributed by atoms with van der Waals surface area (Å²) in [6.45, 7) is 3.25. The van der Waals surface area contributed by atoms with E-state index in [2.05, 4.69) is 58.7 Å². The van der Waals surface area contributed by atoms with Gasteiger partial charge in [0.2, 0.25) is 5.91 Å². The quantitative estimate of drug-likeness (QED) is 0.747. The van der Waals surface area contributed by atoms with E-state index in [0.29, 0.717) is 6.54 Å². The first-order chi connectivity index (χ1) is 13.7. The van der Waals surface area contributed by atoms with Crippen LogP contribution in [0.2, 0.25) is 0 Å². The fraction of sp³-hybridized carbons (Fsp3) is 0.333. The van der Waals surface area contributed by atoms with E-state index in [0.717, 1.165) is 50.1 Å². The summed E-state index contributed by atoms with van der Waals surface area (Å²) in [5.41, 5.74) is 4.34. The molecule has 1 atom stereocenters. The van der Waals surface area contributed by atoms with Crippen molar-refractivity contribution in [2.45, 2.75) is 32.4 Å². The number of nitrogens with zero attached hydrogens (tertiary/aromatic N) is 2. The minimum absolute atomic E-state index is 0.208. The van der Waals surface area contributed by atoms with Crippen molar-refractivity contribution in [3.8, 4) is 0 Å². The maximum atomic E-state index is 13.1. The highest BCUT2D eigenvalue weighted by molar-refractivity contribution is 5.84. The molecule has 0 aliphatic carbocycles. The molecule has 1 N–H and O–H groups in total. The number of carbonyl (C=O) groups is 1. The van der Waals surface area contributed by atoms with E-state index in [9.17, 15) is 4.79 Å². The molecule has 1 fully saturated rings. The molecule has 1 aromatic heterocycles. The van der Waals surface area contributed by atoms with Crippen LogP contribution in [-0.2, 0) is 24.3 Å². The van der Waals surface area contributed by atoms with Crippen molar-refractivity contribution in [1.29, 1.82) is 0 Å². The number of pyridine rings is 1. The molecule has 1 unspecified atom stereocenters. The number of aromatic nitrogens is 1. The first-order valence-corrected chi connectivity index (χ1v) is 10.1. The lowest BCUT2D eigenvalue weighted by molar-refractivity contribution is -0.134. The molecule has 1 saturated heterocycles. The number of fused-ring (bicyclic) bond motifs is 2. The van der Waals surface area contributed by atoms with Crippen LogP contribution in [0.3, 0.4) is 0 Å². The minimum Gasteiger partial charge on any atom is -0.351 e. The van der Waals surface area contributed by atoms with Crippen LogP contribution < -0.4 is 5.32 Å². The smallest absolute Gasteiger partial charge is 0.228 e. The molecule has 0 saturated carbocycles. The normalized spacial score (nSPS) is 22.6. The van der Waals surface area contributed by atoms with Gasteiger partial charge in [0.1, 0.15) is 0 Å². The number of carbonyl (C=O) groups excluding carboxylic acids is 1. The number of likely N-dealkylation sites (tertiary alicyclic amines) is 1. The van der Waals surface area contributed by atoms with E-state index in [1.165, 1.54) is 16.5 Å². The minimum atomic E-state index is -0.332. The summed E-state index contributed by atoms with van der Waals surface area (Å²) in [7, 11) is 0. The Morgan fingerprint density at radius 2 is 1.82 bits per heavy atom. The Morgan fingerprint density at radius 1 is 1.00 bits per heavy atom. The van der Waals surface area contributed by atoms with Crippen molar-refractivity contribution < 1.29 is 4.79 Å². The van der Waals surface area contributed by atoms with Gasteiger partial charge in [-0.1, -0.05) is 48.5 Å². The van der Waals surface area contributed by atoms with E-state index in [4.69, 9.17) is 4.98 Å². The molecular formula is C24H25N3O. The van der Waals surface area contributed by atoms with Gasteiger partial charge in [-0.2, -0.15) is 0 Å². The number of rotatable bonds is 2. The van der Waals surface area contributed by atoms with E-state index in [1.807, 2.05) is 12.1 Å². The van der Waals surface area contributed by atoms with Crippen LogP contribution >= 0.6 is 0 Å². The third kappa shape index (κ3) is 3.18. The van der Waals surface area contributed by atoms with Crippen molar-refractivity contribution in [2.24, 2.45) is 5.41 Å². The fourth-order valence-electron chi connectivity index (χ4n) is 4.83. The third-order valence-electron chi connectivity index (χ3n) is 6.27. The van der Waals surface area contributed by atoms with Gasteiger partial charge in [0.05, 0.1) is 16.6 Å². The van der Waals surface area contributed by atoms with Crippen molar-refractivity contribution >= 4 is 16.8 Å². The van der Waals surface area contributed by atoms with Gasteiger partial charge in [0, 0.05) is 25.0 Å². The van der Waals surface area contributed by atoms with Crippen LogP contribution in [-0.4, -0.2) is 28.9 Å². The third-order valence-corrected chi connectivity index (χ3v) is 6.27. The summed E-state index contributed by atoms with van der Waals surface area (Å²) in [4.78, 5) is 20.3. The summed E-state index contributed by atoms with van der Waals surface area (Å²) >= 11 is 0. The van der Waals surface area contributed by atoms with Gasteiger partial charge in [-0.25, -0.2) is 0 Å². The molecule has 1 spiro atoms. The van der Waals surface area contributed by atoms with Gasteiger partial charge in [-0.05, 0) is 49.1 Å². The highest BCUT2D eigenvalue weighted by Gasteiger charge is 2.43. The fourth-order valence-corrected chi connectivity index (χ4v) is 4.83. The average molecular weight is 371 g/mol. The molecule has 2 aromatic carbocycles. The zero-order chi connectivity index (χ0) is 19.0. The molecule has 2 aliphatic heterocycles. The predicted octanol–water partition coefficient (Wildman–Crippen LogP) is 3.69. The van der Waals surface area contributed by atoms with Crippen molar-refractivity contribution in [2.75, 3.05) is 13.1 Å². The molecule has 0 radical (unpaired) electrons. The van der Waals surface area contributed by atoms with Gasteiger partial charge in [-0.15, -0.1) is 0 Å². The molecular weight excluding hydrogens is 346 g/mol. The maximum absolute atomic E-state index is 13.1. The Morgan fingerprint density at radius 3 is 2.75 bits per heavy atom. The Balaban J connectivity index is 1.39. The first-order valence-electron chi connectivity index (χ1n) is 10.1. The van der Waals surface area contributed by atoms with E-state index >= 15 is 0 Å². The lowest BCUT2D eigenvalue weighted by Gasteiger charge is -2.41. The van der Waals surface area contributed by atoms with Crippen LogP contribution in [0.5, 0.6) is 0 Å². The molecule has 28 heavy (non-hydrogen) atoms. The van der Waals surface area contributed by atoms with Gasteiger partial charge in [0.25, 0.3) is 0 Å². The standard InChI is InChI=1S/C24H25N3O/c28-23-24(14-19-7-1-2-8-20(19)15-25-23)12-5-13-27(17-24)16-21-11-10-18-6-3-4-9-22(18)26-21/h1-4,6-11H,5,12-17H2,(H,25,28). The van der Waals surface area contributed by atoms with Crippen LogP contribution in [0.15, 0.2) is 60.7 Å². The summed E-state index contributed by atoms with van der Waals surface area (Å²) in [6.07, 6.45) is 2.83. The molecule has 4 nitrogen and oxygen atoms in total. The molecule has 3 aromatic rings. The second-order valence-electron chi connectivity index (χ2n) is 8.22. The van der Waals surface area contributed by atoms with Crippen LogP contribution in [0.25, 0.3) is 10.9 Å². The van der Waals surface area contributed by atoms with Gasteiger partial charge >= 0.3 is 0 Å². The molecule has 1 amide bonds. The number of hydrogen-bond donors (Lipinski definition) is 1. The van der Waals surface area contributed by atoms with Crippen molar-refractivity contribution in [3.63, 3.8) is 0 Å². The summed E-state index contributed by atoms with van der Waals surface area (Å²) in [6, 6.07) is 20.9. The van der Waals surface area contributed by atoms with Crippen molar-refractivity contribution in [3.05, 3.63) is 77.5 Å². The second-order valence-corrected chi connectivity index (χ2v) is 8.22. The topological polar surface area (TPSA) is 45.2 Å². The number of hydrogen-bond acceptors (Lipinski definition) is 3. The second kappa shape index (κ2) is 7.02. The largest absolute Gasteiger partial charge is 0.351 e. The van der Waals surface area contributed by atoms with Crippen LogP contribution in [0, 0.1) is 5.41 Å². The summed E-state index contributed by atoms with van der Waals surface area (Å²) < 4.78 is 0. The van der Waals surface area contributed by atoms with Crippen LogP contribution in [0.1, 0.15) is 29.7 Å². The highest BCUT2D eigenvalue weighted by Crippen LogP contribution is 2.37. The SMILES string of the molecule is O=C1NCc2ccccc2CC12CCCN(Cc1ccc3ccccc3n1)C2. The van der Waals surface area contributed by atoms with Gasteiger partial charge in [-0.3, -0.25) is 14.7 Å². The molecule has 0 bridgehead atoms. The number of para-hydroxylation sites is 1. The zero-order valence-corrected chi connectivity index (χ0v) is 16.0. The number of amides is 1. The molecule has 4 heteroatoms. The predicted molar refractivity (Wildman–Crippen MR) is 111 cm³/mol. The number of piperidine rings is 1. The molecule has 5 rings (SSSR count). The highest BCUT2D eigenvalue weighted by atomic mass is 16.2. The summed E-state index contributed by atoms with van der Waals surface area (Å²) in [5, 5.41) is 4.36. The maximum Gasteiger partial charge on any atom is 0.228 e. The molecule has 2 aliphatic rings. The molecule has 3 heterocycles. The van der Waals surface area contributed by atoms with E-state index < -0.39 is 0 Å². The van der Waals surface area contributed by atoms with Crippen LogP contribution in [0.4, 0.5) is 0 Å². The number of benzene rings is 2.